The normalized spacial score (nSPS) is 20.3. The van der Waals surface area contributed by atoms with E-state index in [1.165, 1.54) is 30.5 Å². The lowest BCUT2D eigenvalue weighted by molar-refractivity contribution is 0.0211. The molecule has 1 fully saturated rings. The largest absolute Gasteiger partial charge is 0.378 e. The zero-order valence-corrected chi connectivity index (χ0v) is 8.25. The van der Waals surface area contributed by atoms with Crippen molar-refractivity contribution >= 4 is 5.69 Å². The van der Waals surface area contributed by atoms with Crippen molar-refractivity contribution < 1.29 is 4.74 Å². The number of hydrogen-bond donors (Lipinski definition) is 1. The molecule has 1 aliphatic carbocycles. The number of benzene rings is 1. The molecular formula is C12H15NO. The number of hydrogen-bond acceptors (Lipinski definition) is 2. The molecule has 2 heteroatoms. The number of nitrogens with one attached hydrogen (secondary N) is 1. The average molecular weight is 189 g/mol. The molecule has 0 spiro atoms. The van der Waals surface area contributed by atoms with Gasteiger partial charge < -0.3 is 10.1 Å². The van der Waals surface area contributed by atoms with E-state index in [0.717, 1.165) is 13.2 Å². The van der Waals surface area contributed by atoms with Crippen molar-refractivity contribution in [2.75, 3.05) is 18.5 Å². The van der Waals surface area contributed by atoms with Crippen LogP contribution in [0.2, 0.25) is 0 Å². The van der Waals surface area contributed by atoms with E-state index in [9.17, 15) is 0 Å². The van der Waals surface area contributed by atoms with Crippen LogP contribution in [0.3, 0.4) is 0 Å². The molecule has 14 heavy (non-hydrogen) atoms. The van der Waals surface area contributed by atoms with Crippen molar-refractivity contribution in [3.63, 3.8) is 0 Å². The highest BCUT2D eigenvalue weighted by atomic mass is 16.5. The van der Waals surface area contributed by atoms with Gasteiger partial charge in [-0.2, -0.15) is 0 Å². The third-order valence-corrected chi connectivity index (χ3v) is 3.11. The number of anilines is 1. The Morgan fingerprint density at radius 2 is 2.00 bits per heavy atom. The molecular weight excluding hydrogens is 174 g/mol. The van der Waals surface area contributed by atoms with E-state index in [1.807, 2.05) is 0 Å². The van der Waals surface area contributed by atoms with E-state index in [4.69, 9.17) is 4.74 Å². The van der Waals surface area contributed by atoms with Gasteiger partial charge in [0.2, 0.25) is 0 Å². The van der Waals surface area contributed by atoms with Gasteiger partial charge in [-0.05, 0) is 42.5 Å². The SMILES string of the molecule is c1cc2c(cc1NC1COC1)CCC2. The summed E-state index contributed by atoms with van der Waals surface area (Å²) in [6.07, 6.45) is 3.85. The molecule has 2 aliphatic rings. The minimum Gasteiger partial charge on any atom is -0.378 e. The monoisotopic (exact) mass is 189 g/mol. The lowest BCUT2D eigenvalue weighted by atomic mass is 10.1. The fourth-order valence-corrected chi connectivity index (χ4v) is 2.22. The van der Waals surface area contributed by atoms with Gasteiger partial charge in [-0.15, -0.1) is 0 Å². The van der Waals surface area contributed by atoms with Crippen LogP contribution in [0.4, 0.5) is 5.69 Å². The minimum absolute atomic E-state index is 0.537. The number of aryl methyl sites for hydroxylation is 2. The van der Waals surface area contributed by atoms with Crippen LogP contribution in [0.15, 0.2) is 18.2 Å². The van der Waals surface area contributed by atoms with E-state index in [2.05, 4.69) is 23.5 Å². The summed E-state index contributed by atoms with van der Waals surface area (Å²) in [5, 5.41) is 3.48. The predicted octanol–water partition coefficient (Wildman–Crippen LogP) is 1.99. The Kier molecular flexibility index (Phi) is 1.95. The van der Waals surface area contributed by atoms with Gasteiger partial charge >= 0.3 is 0 Å². The van der Waals surface area contributed by atoms with Crippen molar-refractivity contribution in [1.29, 1.82) is 0 Å². The first-order chi connectivity index (χ1) is 6.92. The highest BCUT2D eigenvalue weighted by Gasteiger charge is 2.18. The zero-order valence-electron chi connectivity index (χ0n) is 8.25. The van der Waals surface area contributed by atoms with Gasteiger partial charge in [-0.3, -0.25) is 0 Å². The van der Waals surface area contributed by atoms with Gasteiger partial charge in [-0.1, -0.05) is 6.07 Å². The third-order valence-electron chi connectivity index (χ3n) is 3.11. The van der Waals surface area contributed by atoms with Crippen molar-refractivity contribution in [3.05, 3.63) is 29.3 Å². The van der Waals surface area contributed by atoms with Crippen LogP contribution in [-0.4, -0.2) is 19.3 Å². The van der Waals surface area contributed by atoms with Gasteiger partial charge in [-0.25, -0.2) is 0 Å². The molecule has 0 radical (unpaired) electrons. The minimum atomic E-state index is 0.537. The van der Waals surface area contributed by atoms with Gasteiger partial charge in [0, 0.05) is 5.69 Å². The van der Waals surface area contributed by atoms with Crippen molar-refractivity contribution in [2.45, 2.75) is 25.3 Å². The first kappa shape index (κ1) is 8.30. The van der Waals surface area contributed by atoms with Gasteiger partial charge in [0.25, 0.3) is 0 Å². The topological polar surface area (TPSA) is 21.3 Å². The first-order valence-electron chi connectivity index (χ1n) is 5.38. The van der Waals surface area contributed by atoms with Crippen LogP contribution in [0.5, 0.6) is 0 Å². The Balaban J connectivity index is 1.78. The first-order valence-corrected chi connectivity index (χ1v) is 5.38. The van der Waals surface area contributed by atoms with E-state index >= 15 is 0 Å². The van der Waals surface area contributed by atoms with Crippen LogP contribution in [-0.2, 0) is 17.6 Å². The van der Waals surface area contributed by atoms with Crippen LogP contribution < -0.4 is 5.32 Å². The highest BCUT2D eigenvalue weighted by Crippen LogP contribution is 2.25. The van der Waals surface area contributed by atoms with E-state index in [0.29, 0.717) is 6.04 Å². The molecule has 0 amide bonds. The Bertz CT molecular complexity index is 344. The number of ether oxygens (including phenoxy) is 1. The summed E-state index contributed by atoms with van der Waals surface area (Å²) in [5.74, 6) is 0. The van der Waals surface area contributed by atoms with Gasteiger partial charge in [0.15, 0.2) is 0 Å². The third kappa shape index (κ3) is 1.40. The molecule has 2 nitrogen and oxygen atoms in total. The highest BCUT2D eigenvalue weighted by molar-refractivity contribution is 5.50. The second-order valence-corrected chi connectivity index (χ2v) is 4.22. The summed E-state index contributed by atoms with van der Waals surface area (Å²) in [6.45, 7) is 1.72. The maximum Gasteiger partial charge on any atom is 0.0728 e. The quantitative estimate of drug-likeness (QED) is 0.768. The van der Waals surface area contributed by atoms with Crippen molar-refractivity contribution in [3.8, 4) is 0 Å². The summed E-state index contributed by atoms with van der Waals surface area (Å²) in [4.78, 5) is 0. The lowest BCUT2D eigenvalue weighted by Crippen LogP contribution is -2.40. The van der Waals surface area contributed by atoms with E-state index < -0.39 is 0 Å². The van der Waals surface area contributed by atoms with Gasteiger partial charge in [0.05, 0.1) is 19.3 Å². The summed E-state index contributed by atoms with van der Waals surface area (Å²) in [6, 6.07) is 7.31. The Labute approximate surface area is 84.3 Å². The molecule has 1 heterocycles. The van der Waals surface area contributed by atoms with Crippen LogP contribution in [0.25, 0.3) is 0 Å². The van der Waals surface area contributed by atoms with E-state index in [-0.39, 0.29) is 0 Å². The molecule has 1 aliphatic heterocycles. The second kappa shape index (κ2) is 3.28. The zero-order chi connectivity index (χ0) is 9.38. The average Bonchev–Trinajstić information content (AvgIpc) is 2.58. The summed E-state index contributed by atoms with van der Waals surface area (Å²) in [7, 11) is 0. The Morgan fingerprint density at radius 3 is 2.79 bits per heavy atom. The molecule has 0 aromatic heterocycles. The molecule has 1 saturated heterocycles. The van der Waals surface area contributed by atoms with Crippen LogP contribution >= 0.6 is 0 Å². The number of rotatable bonds is 2. The fraction of sp³-hybridized carbons (Fsp3) is 0.500. The molecule has 3 rings (SSSR count). The van der Waals surface area contributed by atoms with Gasteiger partial charge in [0.1, 0.15) is 0 Å². The standard InChI is InChI=1S/C12H15NO/c1-2-9-4-5-11(6-10(9)3-1)13-12-7-14-8-12/h4-6,12-13H,1-3,7-8H2. The van der Waals surface area contributed by atoms with Crippen molar-refractivity contribution in [1.82, 2.24) is 0 Å². The molecule has 0 unspecified atom stereocenters. The van der Waals surface area contributed by atoms with Crippen molar-refractivity contribution in [2.24, 2.45) is 0 Å². The smallest absolute Gasteiger partial charge is 0.0728 e. The molecule has 74 valence electrons. The summed E-state index contributed by atoms with van der Waals surface area (Å²) < 4.78 is 5.14. The molecule has 1 aromatic carbocycles. The van der Waals surface area contributed by atoms with Crippen LogP contribution in [0.1, 0.15) is 17.5 Å². The summed E-state index contributed by atoms with van der Waals surface area (Å²) >= 11 is 0. The second-order valence-electron chi connectivity index (χ2n) is 4.22. The molecule has 1 aromatic rings. The molecule has 0 bridgehead atoms. The predicted molar refractivity (Wildman–Crippen MR) is 56.7 cm³/mol. The summed E-state index contributed by atoms with van der Waals surface area (Å²) in [5.41, 5.74) is 4.34. The maximum atomic E-state index is 5.14. The maximum absolute atomic E-state index is 5.14. The fourth-order valence-electron chi connectivity index (χ4n) is 2.22. The molecule has 0 atom stereocenters. The molecule has 1 N–H and O–H groups in total. The van der Waals surface area contributed by atoms with E-state index in [1.54, 1.807) is 5.56 Å². The van der Waals surface area contributed by atoms with Crippen LogP contribution in [0, 0.1) is 0 Å². The lowest BCUT2D eigenvalue weighted by Gasteiger charge is -2.28. The Hall–Kier alpha value is -1.02. The molecule has 0 saturated carbocycles. The Morgan fingerprint density at radius 1 is 1.14 bits per heavy atom. The number of fused-ring (bicyclic) bond motifs is 1.